The molecule has 336 valence electrons. The van der Waals surface area contributed by atoms with Gasteiger partial charge in [-0.05, 0) is 105 Å². The van der Waals surface area contributed by atoms with Crippen LogP contribution in [0.15, 0.2) is 96.0 Å². The number of piperidine rings is 1. The number of pyridine rings is 2. The zero-order valence-corrected chi connectivity index (χ0v) is 35.7. The van der Waals surface area contributed by atoms with E-state index in [2.05, 4.69) is 42.1 Å². The number of unbranched alkanes of at least 4 members (excludes halogenated alkanes) is 1. The van der Waals surface area contributed by atoms with Crippen molar-refractivity contribution in [2.45, 2.75) is 70.3 Å². The molecule has 1 unspecified atom stereocenters. The molecule has 3 N–H and O–H groups in total. The molecule has 7 aromatic rings. The Labute approximate surface area is 372 Å². The Kier molecular flexibility index (Phi) is 13.3. The van der Waals surface area contributed by atoms with Gasteiger partial charge in [0.2, 0.25) is 17.7 Å². The monoisotopic (exact) mass is 885 g/mol. The SMILES string of the molecule is O=C1CCC(n2c3ccc(NCCOCCOCCCCc4ccc(-n5cc(NC(=O)c6coc(-c7ccnc(CCC8CC8)c7)n6)c(C(F)F)n5)cc4)cc3c3cccnc32)C(=O)N1. The summed E-state index contributed by atoms with van der Waals surface area (Å²) in [6, 6.07) is 20.5. The molecule has 0 bridgehead atoms. The molecule has 1 aliphatic carbocycles. The lowest BCUT2D eigenvalue weighted by Crippen LogP contribution is -2.41. The van der Waals surface area contributed by atoms with Crippen LogP contribution in [0.3, 0.4) is 0 Å². The first kappa shape index (κ1) is 43.4. The molecular weight excluding hydrogens is 837 g/mol. The van der Waals surface area contributed by atoms with Gasteiger partial charge >= 0.3 is 0 Å². The third kappa shape index (κ3) is 10.4. The summed E-state index contributed by atoms with van der Waals surface area (Å²) < 4.78 is 48.5. The van der Waals surface area contributed by atoms with Crippen molar-refractivity contribution in [3.63, 3.8) is 0 Å². The second kappa shape index (κ2) is 19.9. The van der Waals surface area contributed by atoms with Crippen LogP contribution < -0.4 is 16.0 Å². The van der Waals surface area contributed by atoms with E-state index in [1.54, 1.807) is 18.5 Å². The number of nitrogens with zero attached hydrogens (tertiary/aromatic N) is 6. The minimum Gasteiger partial charge on any atom is -0.444 e. The highest BCUT2D eigenvalue weighted by atomic mass is 19.3. The fraction of sp³-hybridized carbons (Fsp3) is 0.354. The first-order chi connectivity index (χ1) is 31.8. The van der Waals surface area contributed by atoms with Crippen molar-refractivity contribution in [1.29, 1.82) is 0 Å². The summed E-state index contributed by atoms with van der Waals surface area (Å²) in [6.45, 7) is 2.63. The smallest absolute Gasteiger partial charge is 0.284 e. The predicted molar refractivity (Wildman–Crippen MR) is 239 cm³/mol. The summed E-state index contributed by atoms with van der Waals surface area (Å²) in [4.78, 5) is 50.9. The Morgan fingerprint density at radius 3 is 2.57 bits per heavy atom. The second-order valence-electron chi connectivity index (χ2n) is 16.4. The highest BCUT2D eigenvalue weighted by molar-refractivity contribution is 6.10. The zero-order valence-electron chi connectivity index (χ0n) is 35.7. The van der Waals surface area contributed by atoms with Crippen molar-refractivity contribution in [1.82, 2.24) is 34.6 Å². The first-order valence-corrected chi connectivity index (χ1v) is 22.1. The lowest BCUT2D eigenvalue weighted by atomic mass is 10.1. The maximum Gasteiger partial charge on any atom is 0.284 e. The fourth-order valence-corrected chi connectivity index (χ4v) is 8.15. The number of aryl methyl sites for hydroxylation is 2. The number of imide groups is 1. The lowest BCUT2D eigenvalue weighted by molar-refractivity contribution is -0.135. The van der Waals surface area contributed by atoms with E-state index in [0.29, 0.717) is 56.3 Å². The maximum atomic E-state index is 14.1. The number of amides is 3. The van der Waals surface area contributed by atoms with Gasteiger partial charge in [0.25, 0.3) is 12.3 Å². The van der Waals surface area contributed by atoms with Gasteiger partial charge in [-0.2, -0.15) is 5.10 Å². The van der Waals surface area contributed by atoms with E-state index in [4.69, 9.17) is 13.9 Å². The van der Waals surface area contributed by atoms with Crippen molar-refractivity contribution in [2.24, 2.45) is 5.92 Å². The van der Waals surface area contributed by atoms with Crippen LogP contribution in [0.4, 0.5) is 20.2 Å². The molecule has 15 nitrogen and oxygen atoms in total. The van der Waals surface area contributed by atoms with E-state index in [9.17, 15) is 23.2 Å². The number of alkyl halides is 2. The number of hydrogen-bond acceptors (Lipinski definition) is 11. The summed E-state index contributed by atoms with van der Waals surface area (Å²) >= 11 is 0. The molecule has 0 spiro atoms. The van der Waals surface area contributed by atoms with Gasteiger partial charge in [-0.1, -0.05) is 25.0 Å². The molecular formula is C48H49F2N9O6. The molecule has 3 amide bonds. The number of carbonyl (C=O) groups excluding carboxylic acids is 3. The van der Waals surface area contributed by atoms with Crippen LogP contribution in [-0.4, -0.2) is 80.0 Å². The molecule has 65 heavy (non-hydrogen) atoms. The van der Waals surface area contributed by atoms with E-state index in [0.717, 1.165) is 71.3 Å². The van der Waals surface area contributed by atoms with Crippen LogP contribution in [0.1, 0.15) is 84.9 Å². The molecule has 2 aliphatic rings. The number of anilines is 2. The lowest BCUT2D eigenvalue weighted by Gasteiger charge is -2.23. The van der Waals surface area contributed by atoms with Gasteiger partial charge in [0.1, 0.15) is 18.0 Å². The van der Waals surface area contributed by atoms with Gasteiger partial charge in [-0.3, -0.25) is 24.7 Å². The van der Waals surface area contributed by atoms with Crippen molar-refractivity contribution < 1.29 is 37.1 Å². The van der Waals surface area contributed by atoms with Crippen molar-refractivity contribution >= 4 is 51.0 Å². The molecule has 2 fully saturated rings. The van der Waals surface area contributed by atoms with Gasteiger partial charge in [-0.25, -0.2) is 23.4 Å². The van der Waals surface area contributed by atoms with Gasteiger partial charge in [0.15, 0.2) is 11.4 Å². The zero-order chi connectivity index (χ0) is 44.7. The molecule has 1 aliphatic heterocycles. The Morgan fingerprint density at radius 2 is 1.75 bits per heavy atom. The molecule has 6 heterocycles. The summed E-state index contributed by atoms with van der Waals surface area (Å²) in [7, 11) is 0. The van der Waals surface area contributed by atoms with E-state index in [1.807, 2.05) is 59.2 Å². The molecule has 0 radical (unpaired) electrons. The predicted octanol–water partition coefficient (Wildman–Crippen LogP) is 8.40. The number of benzene rings is 2. The highest BCUT2D eigenvalue weighted by Crippen LogP contribution is 2.36. The van der Waals surface area contributed by atoms with E-state index in [-0.39, 0.29) is 35.5 Å². The van der Waals surface area contributed by atoms with Crippen LogP contribution in [0, 0.1) is 5.92 Å². The largest absolute Gasteiger partial charge is 0.444 e. The summed E-state index contributed by atoms with van der Waals surface area (Å²) in [5, 5.41) is 14.4. The molecule has 1 saturated heterocycles. The number of nitrogens with one attached hydrogen (secondary N) is 3. The van der Waals surface area contributed by atoms with Gasteiger partial charge in [0, 0.05) is 59.7 Å². The number of hydrogen-bond donors (Lipinski definition) is 3. The van der Waals surface area contributed by atoms with Gasteiger partial charge in [0.05, 0.1) is 42.9 Å². The van der Waals surface area contributed by atoms with Gasteiger partial charge in [-0.15, -0.1) is 0 Å². The van der Waals surface area contributed by atoms with Gasteiger partial charge < -0.3 is 29.1 Å². The van der Waals surface area contributed by atoms with Crippen molar-refractivity contribution in [2.75, 3.05) is 43.6 Å². The highest BCUT2D eigenvalue weighted by Gasteiger charge is 2.31. The van der Waals surface area contributed by atoms with Crippen LogP contribution in [0.25, 0.3) is 39.1 Å². The number of rotatable bonds is 21. The van der Waals surface area contributed by atoms with Crippen LogP contribution in [0.5, 0.6) is 0 Å². The maximum absolute atomic E-state index is 14.1. The van der Waals surface area contributed by atoms with Crippen LogP contribution in [0.2, 0.25) is 0 Å². The minimum absolute atomic E-state index is 0.0429. The first-order valence-electron chi connectivity index (χ1n) is 22.1. The fourth-order valence-electron chi connectivity index (χ4n) is 8.15. The number of aromatic nitrogens is 6. The Balaban J connectivity index is 0.680. The van der Waals surface area contributed by atoms with E-state index < -0.39 is 24.1 Å². The Hall–Kier alpha value is -6.85. The average molecular weight is 886 g/mol. The summed E-state index contributed by atoms with van der Waals surface area (Å²) in [5.74, 6) is -0.228. The summed E-state index contributed by atoms with van der Waals surface area (Å²) in [6.07, 6.45) is 10.8. The number of fused-ring (bicyclic) bond motifs is 3. The third-order valence-corrected chi connectivity index (χ3v) is 11.7. The topological polar surface area (TPSA) is 180 Å². The summed E-state index contributed by atoms with van der Waals surface area (Å²) in [5.41, 5.74) is 5.08. The Morgan fingerprint density at radius 1 is 0.908 bits per heavy atom. The number of oxazole rings is 1. The molecule has 9 rings (SSSR count). The minimum atomic E-state index is -2.92. The Bertz CT molecular complexity index is 2800. The van der Waals surface area contributed by atoms with Crippen molar-refractivity contribution in [3.8, 4) is 17.1 Å². The quantitative estimate of drug-likeness (QED) is 0.0466. The average Bonchev–Trinajstić information content (AvgIpc) is 3.68. The number of ether oxygens (including phenoxy) is 2. The second-order valence-corrected chi connectivity index (χ2v) is 16.4. The molecule has 2 aromatic carbocycles. The van der Waals surface area contributed by atoms with Crippen molar-refractivity contribution in [3.05, 3.63) is 114 Å². The van der Waals surface area contributed by atoms with E-state index in [1.165, 1.54) is 30.0 Å². The molecule has 5 aromatic heterocycles. The van der Waals surface area contributed by atoms with Crippen LogP contribution in [-0.2, 0) is 31.9 Å². The molecule has 1 saturated carbocycles. The standard InChI is InChI=1S/C48H49F2N9O6/c49-44(50)43-38(54-46(61)39-29-65-48(55-39)32-18-20-51-33(26-32)11-8-31-6-7-31)28-58(57-43)35-13-9-30(10-14-35)4-1-2-22-63-24-25-64-23-21-52-34-12-15-40-37(27-34)36-5-3-19-53-45(36)59(40)41-16-17-42(60)56-47(41)62/h3,5,9-10,12-15,18-20,26-29,31,41,44,52H,1-2,4,6-8,11,16-17,21-25H2,(H,54,61)(H,56,60,62). The normalized spacial score (nSPS) is 15.3. The number of halogens is 2. The van der Waals surface area contributed by atoms with Crippen LogP contribution >= 0.6 is 0 Å². The molecule has 17 heteroatoms. The third-order valence-electron chi connectivity index (χ3n) is 11.7. The number of carbonyl (C=O) groups is 3. The molecule has 1 atom stereocenters. The van der Waals surface area contributed by atoms with E-state index >= 15 is 0 Å².